The number of aliphatic hydroxyl groups is 1. The van der Waals surface area contributed by atoms with E-state index in [1.54, 1.807) is 7.11 Å². The third-order valence-electron chi connectivity index (χ3n) is 6.00. The second-order valence-electron chi connectivity index (χ2n) is 8.66. The van der Waals surface area contributed by atoms with Crippen LogP contribution in [0.25, 0.3) is 11.3 Å². The predicted octanol–water partition coefficient (Wildman–Crippen LogP) is 3.92. The van der Waals surface area contributed by atoms with E-state index in [2.05, 4.69) is 27.1 Å². The zero-order chi connectivity index (χ0) is 24.3. The number of anilines is 1. The molecular formula is C27H35N3O4S. The van der Waals surface area contributed by atoms with Crippen LogP contribution >= 0.6 is 11.8 Å². The van der Waals surface area contributed by atoms with Gasteiger partial charge in [0.25, 0.3) is 0 Å². The van der Waals surface area contributed by atoms with Crippen LogP contribution in [0, 0.1) is 0 Å². The fourth-order valence-corrected chi connectivity index (χ4v) is 5.10. The average Bonchev–Trinajstić information content (AvgIpc) is 3.32. The van der Waals surface area contributed by atoms with Crippen molar-refractivity contribution >= 4 is 17.6 Å². The lowest BCUT2D eigenvalue weighted by atomic mass is 10.1. The molecule has 0 bridgehead atoms. The quantitative estimate of drug-likeness (QED) is 0.381. The van der Waals surface area contributed by atoms with Gasteiger partial charge in [-0.15, -0.1) is 0 Å². The molecule has 3 aromatic rings. The smallest absolute Gasteiger partial charge is 0.232 e. The molecule has 0 radical (unpaired) electrons. The molecule has 1 aliphatic rings. The van der Waals surface area contributed by atoms with Gasteiger partial charge in [0.2, 0.25) is 5.88 Å². The van der Waals surface area contributed by atoms with E-state index in [1.165, 1.54) is 0 Å². The van der Waals surface area contributed by atoms with Crippen LogP contribution in [0.1, 0.15) is 11.1 Å². The number of ether oxygens (including phenoxy) is 2. The Morgan fingerprint density at radius 2 is 1.80 bits per heavy atom. The van der Waals surface area contributed by atoms with E-state index < -0.39 is 6.10 Å². The first-order valence-electron chi connectivity index (χ1n) is 12.1. The van der Waals surface area contributed by atoms with Gasteiger partial charge in [-0.3, -0.25) is 4.90 Å². The van der Waals surface area contributed by atoms with Gasteiger partial charge in [0.1, 0.15) is 5.69 Å². The molecule has 1 aliphatic heterocycles. The van der Waals surface area contributed by atoms with Crippen LogP contribution in [-0.4, -0.2) is 79.3 Å². The minimum Gasteiger partial charge on any atom is -0.389 e. The number of rotatable bonds is 13. The Labute approximate surface area is 212 Å². The van der Waals surface area contributed by atoms with Crippen molar-refractivity contribution in [3.8, 4) is 11.3 Å². The Kier molecular flexibility index (Phi) is 10.0. The molecule has 1 atom stereocenters. The van der Waals surface area contributed by atoms with E-state index in [9.17, 15) is 5.11 Å². The molecule has 8 heteroatoms. The number of benzene rings is 2. The maximum atomic E-state index is 10.8. The topological polar surface area (TPSA) is 71.2 Å². The number of hydrogen-bond acceptors (Lipinski definition) is 8. The Bertz CT molecular complexity index is 996. The van der Waals surface area contributed by atoms with E-state index >= 15 is 0 Å². The van der Waals surface area contributed by atoms with Crippen LogP contribution in [0.3, 0.4) is 0 Å². The SMILES string of the molecule is COCCN(Cc1c(-c2ccccc2)noc1N1CCSCC1)CC(O)COCc1ccccc1. The summed E-state index contributed by atoms with van der Waals surface area (Å²) in [6.07, 6.45) is -0.620. The summed E-state index contributed by atoms with van der Waals surface area (Å²) in [5.41, 5.74) is 4.03. The third-order valence-corrected chi connectivity index (χ3v) is 6.94. The van der Waals surface area contributed by atoms with Gasteiger partial charge < -0.3 is 24.0 Å². The van der Waals surface area contributed by atoms with Gasteiger partial charge in [-0.25, -0.2) is 0 Å². The van der Waals surface area contributed by atoms with E-state index in [0.29, 0.717) is 32.8 Å². The zero-order valence-corrected chi connectivity index (χ0v) is 21.2. The van der Waals surface area contributed by atoms with Crippen LogP contribution in [0.4, 0.5) is 5.88 Å². The normalized spacial score (nSPS) is 15.0. The van der Waals surface area contributed by atoms with Crippen molar-refractivity contribution in [2.24, 2.45) is 0 Å². The molecule has 1 fully saturated rings. The van der Waals surface area contributed by atoms with Crippen molar-refractivity contribution in [1.82, 2.24) is 10.1 Å². The van der Waals surface area contributed by atoms with Gasteiger partial charge in [-0.1, -0.05) is 65.8 Å². The summed E-state index contributed by atoms with van der Waals surface area (Å²) in [6, 6.07) is 20.2. The van der Waals surface area contributed by atoms with Crippen molar-refractivity contribution in [2.45, 2.75) is 19.3 Å². The lowest BCUT2D eigenvalue weighted by Gasteiger charge is -2.29. The highest BCUT2D eigenvalue weighted by Gasteiger charge is 2.26. The van der Waals surface area contributed by atoms with E-state index in [-0.39, 0.29) is 6.61 Å². The third kappa shape index (κ3) is 7.56. The number of aromatic nitrogens is 1. The fraction of sp³-hybridized carbons (Fsp3) is 0.444. The molecule has 0 saturated carbocycles. The van der Waals surface area contributed by atoms with Crippen LogP contribution < -0.4 is 4.90 Å². The fourth-order valence-electron chi connectivity index (χ4n) is 4.20. The Balaban J connectivity index is 1.47. The first-order valence-corrected chi connectivity index (χ1v) is 13.3. The minimum atomic E-state index is -0.620. The first-order chi connectivity index (χ1) is 17.2. The molecule has 1 aromatic heterocycles. The van der Waals surface area contributed by atoms with Crippen molar-refractivity contribution in [3.05, 3.63) is 71.8 Å². The largest absolute Gasteiger partial charge is 0.389 e. The van der Waals surface area contributed by atoms with Crippen molar-refractivity contribution in [3.63, 3.8) is 0 Å². The van der Waals surface area contributed by atoms with E-state index in [4.69, 9.17) is 14.0 Å². The van der Waals surface area contributed by atoms with Crippen molar-refractivity contribution < 1.29 is 19.1 Å². The molecule has 0 spiro atoms. The molecule has 1 saturated heterocycles. The maximum Gasteiger partial charge on any atom is 0.232 e. The predicted molar refractivity (Wildman–Crippen MR) is 141 cm³/mol. The number of methoxy groups -OCH3 is 1. The summed E-state index contributed by atoms with van der Waals surface area (Å²) in [5.74, 6) is 2.98. The van der Waals surface area contributed by atoms with Crippen molar-refractivity contribution in [1.29, 1.82) is 0 Å². The summed E-state index contributed by atoms with van der Waals surface area (Å²) in [7, 11) is 1.70. The van der Waals surface area contributed by atoms with Gasteiger partial charge in [-0.2, -0.15) is 11.8 Å². The monoisotopic (exact) mass is 497 g/mol. The van der Waals surface area contributed by atoms with Gasteiger partial charge in [0.15, 0.2) is 0 Å². The molecule has 1 N–H and O–H groups in total. The minimum absolute atomic E-state index is 0.268. The van der Waals surface area contributed by atoms with E-state index in [0.717, 1.165) is 52.9 Å². The Morgan fingerprint density at radius 1 is 1.09 bits per heavy atom. The van der Waals surface area contributed by atoms with Crippen LogP contribution in [0.2, 0.25) is 0 Å². The molecular weight excluding hydrogens is 462 g/mol. The van der Waals surface area contributed by atoms with Crippen LogP contribution in [0.15, 0.2) is 65.2 Å². The summed E-state index contributed by atoms with van der Waals surface area (Å²) in [4.78, 5) is 4.49. The lowest BCUT2D eigenvalue weighted by Crippen LogP contribution is -2.37. The van der Waals surface area contributed by atoms with Crippen LogP contribution in [0.5, 0.6) is 0 Å². The zero-order valence-electron chi connectivity index (χ0n) is 20.3. The van der Waals surface area contributed by atoms with E-state index in [1.807, 2.05) is 60.3 Å². The second-order valence-corrected chi connectivity index (χ2v) is 9.89. The molecule has 2 heterocycles. The number of hydrogen-bond donors (Lipinski definition) is 1. The highest BCUT2D eigenvalue weighted by molar-refractivity contribution is 7.99. The second kappa shape index (κ2) is 13.7. The summed E-state index contributed by atoms with van der Waals surface area (Å²) >= 11 is 1.96. The van der Waals surface area contributed by atoms with Gasteiger partial charge >= 0.3 is 0 Å². The Morgan fingerprint density at radius 3 is 2.51 bits per heavy atom. The highest BCUT2D eigenvalue weighted by Crippen LogP contribution is 2.33. The molecule has 1 unspecified atom stereocenters. The molecule has 7 nitrogen and oxygen atoms in total. The molecule has 4 rings (SSSR count). The summed E-state index contributed by atoms with van der Waals surface area (Å²) in [6.45, 7) is 4.95. The Hall–Kier alpha value is -2.36. The summed E-state index contributed by atoms with van der Waals surface area (Å²) < 4.78 is 17.1. The maximum absolute atomic E-state index is 10.8. The number of thioether (sulfide) groups is 1. The molecule has 35 heavy (non-hydrogen) atoms. The standard InChI is InChI=1S/C27H35N3O4S/c1-32-15-12-29(18-24(31)21-33-20-22-8-4-2-5-9-22)19-25-26(23-10-6-3-7-11-23)28-34-27(25)30-13-16-35-17-14-30/h2-11,24,31H,12-21H2,1H3. The average molecular weight is 498 g/mol. The van der Waals surface area contributed by atoms with Crippen molar-refractivity contribution in [2.75, 3.05) is 62.9 Å². The van der Waals surface area contributed by atoms with Gasteiger partial charge in [0, 0.05) is 56.9 Å². The van der Waals surface area contributed by atoms with Gasteiger partial charge in [-0.05, 0) is 5.56 Å². The molecule has 0 aliphatic carbocycles. The first kappa shape index (κ1) is 25.7. The highest BCUT2D eigenvalue weighted by atomic mass is 32.2. The molecule has 0 amide bonds. The van der Waals surface area contributed by atoms with Gasteiger partial charge in [0.05, 0.1) is 31.5 Å². The number of aliphatic hydroxyl groups excluding tert-OH is 1. The number of nitrogens with zero attached hydrogens (tertiary/aromatic N) is 3. The lowest BCUT2D eigenvalue weighted by molar-refractivity contribution is 0.00482. The molecule has 2 aromatic carbocycles. The summed E-state index contributed by atoms with van der Waals surface area (Å²) in [5, 5.41) is 15.3. The molecule has 188 valence electrons. The van der Waals surface area contributed by atoms with Crippen LogP contribution in [-0.2, 0) is 22.6 Å².